The van der Waals surface area contributed by atoms with Crippen LogP contribution < -0.4 is 10.1 Å². The monoisotopic (exact) mass is 267 g/mol. The first-order valence-electron chi connectivity index (χ1n) is 7.14. The van der Waals surface area contributed by atoms with E-state index >= 15 is 0 Å². The summed E-state index contributed by atoms with van der Waals surface area (Å²) in [6.45, 7) is 10.7. The molecular formula is C16H26FNO. The van der Waals surface area contributed by atoms with Gasteiger partial charge in [0.2, 0.25) is 0 Å². The van der Waals surface area contributed by atoms with Crippen LogP contribution >= 0.6 is 0 Å². The molecule has 1 aromatic carbocycles. The molecule has 1 rings (SSSR count). The van der Waals surface area contributed by atoms with E-state index in [0.29, 0.717) is 30.7 Å². The molecule has 19 heavy (non-hydrogen) atoms. The number of ether oxygens (including phenoxy) is 1. The molecule has 1 aromatic rings. The van der Waals surface area contributed by atoms with Crippen LogP contribution in [0.15, 0.2) is 18.2 Å². The molecule has 0 bridgehead atoms. The van der Waals surface area contributed by atoms with E-state index in [4.69, 9.17) is 4.74 Å². The van der Waals surface area contributed by atoms with E-state index < -0.39 is 0 Å². The summed E-state index contributed by atoms with van der Waals surface area (Å²) in [7, 11) is 0. The number of hydrogen-bond acceptors (Lipinski definition) is 2. The van der Waals surface area contributed by atoms with Gasteiger partial charge in [0.15, 0.2) is 11.6 Å². The SMILES string of the molecule is CCC(C)COc1ccc(CNCC(C)C)cc1F. The van der Waals surface area contributed by atoms with Crippen molar-refractivity contribution in [2.24, 2.45) is 11.8 Å². The van der Waals surface area contributed by atoms with E-state index in [1.54, 1.807) is 12.1 Å². The molecule has 0 aliphatic heterocycles. The Morgan fingerprint density at radius 1 is 1.26 bits per heavy atom. The Morgan fingerprint density at radius 3 is 2.58 bits per heavy atom. The van der Waals surface area contributed by atoms with Gasteiger partial charge in [0, 0.05) is 6.54 Å². The summed E-state index contributed by atoms with van der Waals surface area (Å²) in [4.78, 5) is 0. The molecule has 0 spiro atoms. The van der Waals surface area contributed by atoms with E-state index in [1.807, 2.05) is 6.07 Å². The summed E-state index contributed by atoms with van der Waals surface area (Å²) in [5.41, 5.74) is 0.953. The van der Waals surface area contributed by atoms with Gasteiger partial charge in [0.25, 0.3) is 0 Å². The van der Waals surface area contributed by atoms with Crippen LogP contribution in [0.1, 0.15) is 39.7 Å². The van der Waals surface area contributed by atoms with Crippen molar-refractivity contribution in [1.29, 1.82) is 0 Å². The first-order chi connectivity index (χ1) is 9.02. The van der Waals surface area contributed by atoms with Gasteiger partial charge in [-0.2, -0.15) is 0 Å². The molecule has 1 unspecified atom stereocenters. The number of halogens is 1. The number of hydrogen-bond donors (Lipinski definition) is 1. The summed E-state index contributed by atoms with van der Waals surface area (Å²) in [6.07, 6.45) is 1.04. The molecule has 0 radical (unpaired) electrons. The molecule has 0 aliphatic carbocycles. The van der Waals surface area contributed by atoms with Crippen LogP contribution in [0.2, 0.25) is 0 Å². The topological polar surface area (TPSA) is 21.3 Å². The zero-order valence-electron chi connectivity index (χ0n) is 12.5. The van der Waals surface area contributed by atoms with Gasteiger partial charge in [-0.1, -0.05) is 40.2 Å². The molecule has 0 saturated heterocycles. The molecule has 1 N–H and O–H groups in total. The lowest BCUT2D eigenvalue weighted by Crippen LogP contribution is -2.19. The number of nitrogens with one attached hydrogen (secondary N) is 1. The van der Waals surface area contributed by atoms with Gasteiger partial charge in [0.1, 0.15) is 0 Å². The quantitative estimate of drug-likeness (QED) is 0.768. The second-order valence-electron chi connectivity index (χ2n) is 5.61. The van der Waals surface area contributed by atoms with Crippen LogP contribution in [-0.4, -0.2) is 13.2 Å². The molecule has 0 fully saturated rings. The predicted molar refractivity (Wildman–Crippen MR) is 77.9 cm³/mol. The van der Waals surface area contributed by atoms with Crippen LogP contribution in [0, 0.1) is 17.7 Å². The lowest BCUT2D eigenvalue weighted by Gasteiger charge is -2.13. The van der Waals surface area contributed by atoms with Gasteiger partial charge >= 0.3 is 0 Å². The minimum absolute atomic E-state index is 0.271. The van der Waals surface area contributed by atoms with Gasteiger partial charge < -0.3 is 10.1 Å². The highest BCUT2D eigenvalue weighted by molar-refractivity contribution is 5.29. The predicted octanol–water partition coefficient (Wildman–Crippen LogP) is 4.00. The van der Waals surface area contributed by atoms with Crippen LogP contribution in [0.4, 0.5) is 4.39 Å². The van der Waals surface area contributed by atoms with Crippen molar-refractivity contribution in [3.05, 3.63) is 29.6 Å². The van der Waals surface area contributed by atoms with Gasteiger partial charge in [-0.25, -0.2) is 4.39 Å². The molecule has 0 aromatic heterocycles. The zero-order chi connectivity index (χ0) is 14.3. The van der Waals surface area contributed by atoms with Crippen molar-refractivity contribution in [2.45, 2.75) is 40.7 Å². The third-order valence-corrected chi connectivity index (χ3v) is 3.10. The summed E-state index contributed by atoms with van der Waals surface area (Å²) in [5, 5.41) is 3.30. The lowest BCUT2D eigenvalue weighted by molar-refractivity contribution is 0.246. The average molecular weight is 267 g/mol. The smallest absolute Gasteiger partial charge is 0.165 e. The van der Waals surface area contributed by atoms with E-state index in [9.17, 15) is 4.39 Å². The fraction of sp³-hybridized carbons (Fsp3) is 0.625. The standard InChI is InChI=1S/C16H26FNO/c1-5-13(4)11-19-16-7-6-14(8-15(16)17)10-18-9-12(2)3/h6-8,12-13,18H,5,9-11H2,1-4H3. The highest BCUT2D eigenvalue weighted by Gasteiger charge is 2.07. The fourth-order valence-electron chi connectivity index (χ4n) is 1.63. The van der Waals surface area contributed by atoms with E-state index in [2.05, 4.69) is 33.0 Å². The molecule has 108 valence electrons. The molecule has 0 aliphatic rings. The fourth-order valence-corrected chi connectivity index (χ4v) is 1.63. The number of rotatable bonds is 8. The van der Waals surface area contributed by atoms with Crippen molar-refractivity contribution in [2.75, 3.05) is 13.2 Å². The average Bonchev–Trinajstić information content (AvgIpc) is 2.37. The maximum Gasteiger partial charge on any atom is 0.165 e. The van der Waals surface area contributed by atoms with Gasteiger partial charge in [-0.05, 0) is 36.1 Å². The van der Waals surface area contributed by atoms with Crippen LogP contribution in [0.5, 0.6) is 5.75 Å². The van der Waals surface area contributed by atoms with Gasteiger partial charge in [0.05, 0.1) is 6.61 Å². The normalized spacial score (nSPS) is 12.7. The summed E-state index contributed by atoms with van der Waals surface area (Å²) in [6, 6.07) is 5.20. The van der Waals surface area contributed by atoms with E-state index in [-0.39, 0.29) is 5.82 Å². The van der Waals surface area contributed by atoms with Crippen LogP contribution in [-0.2, 0) is 6.54 Å². The van der Waals surface area contributed by atoms with Gasteiger partial charge in [-0.3, -0.25) is 0 Å². The molecule has 3 heteroatoms. The first kappa shape index (κ1) is 16.0. The third-order valence-electron chi connectivity index (χ3n) is 3.10. The van der Waals surface area contributed by atoms with Gasteiger partial charge in [-0.15, -0.1) is 0 Å². The Labute approximate surface area is 116 Å². The molecule has 0 amide bonds. The maximum atomic E-state index is 13.8. The minimum atomic E-state index is -0.271. The molecule has 0 heterocycles. The second kappa shape index (κ2) is 8.16. The van der Waals surface area contributed by atoms with Crippen molar-refractivity contribution in [3.63, 3.8) is 0 Å². The van der Waals surface area contributed by atoms with E-state index in [1.165, 1.54) is 0 Å². The van der Waals surface area contributed by atoms with Crippen molar-refractivity contribution in [1.82, 2.24) is 5.32 Å². The number of benzene rings is 1. The van der Waals surface area contributed by atoms with Crippen molar-refractivity contribution in [3.8, 4) is 5.75 Å². The Kier molecular flexibility index (Phi) is 6.85. The maximum absolute atomic E-state index is 13.8. The van der Waals surface area contributed by atoms with E-state index in [0.717, 1.165) is 18.5 Å². The molecule has 2 nitrogen and oxygen atoms in total. The molecule has 1 atom stereocenters. The largest absolute Gasteiger partial charge is 0.490 e. The van der Waals surface area contributed by atoms with Crippen LogP contribution in [0.25, 0.3) is 0 Å². The Balaban J connectivity index is 2.49. The molecular weight excluding hydrogens is 241 g/mol. The summed E-state index contributed by atoms with van der Waals surface area (Å²) < 4.78 is 19.3. The van der Waals surface area contributed by atoms with Crippen LogP contribution in [0.3, 0.4) is 0 Å². The molecule has 0 saturated carbocycles. The minimum Gasteiger partial charge on any atom is -0.490 e. The highest BCUT2D eigenvalue weighted by atomic mass is 19.1. The third kappa shape index (κ3) is 6.06. The summed E-state index contributed by atoms with van der Waals surface area (Å²) in [5.74, 6) is 1.13. The first-order valence-corrected chi connectivity index (χ1v) is 7.14. The Hall–Kier alpha value is -1.09. The lowest BCUT2D eigenvalue weighted by atomic mass is 10.1. The Bertz CT molecular complexity index is 379. The summed E-state index contributed by atoms with van der Waals surface area (Å²) >= 11 is 0. The highest BCUT2D eigenvalue weighted by Crippen LogP contribution is 2.19. The van der Waals surface area contributed by atoms with Crippen molar-refractivity contribution < 1.29 is 9.13 Å². The zero-order valence-corrected chi connectivity index (χ0v) is 12.5. The second-order valence-corrected chi connectivity index (χ2v) is 5.61. The Morgan fingerprint density at radius 2 is 2.00 bits per heavy atom. The van der Waals surface area contributed by atoms with Crippen molar-refractivity contribution >= 4 is 0 Å².